The van der Waals surface area contributed by atoms with Crippen molar-refractivity contribution in [2.24, 2.45) is 0 Å². The van der Waals surface area contributed by atoms with Crippen LogP contribution in [0.2, 0.25) is 0 Å². The van der Waals surface area contributed by atoms with Crippen LogP contribution in [0.5, 0.6) is 0 Å². The van der Waals surface area contributed by atoms with E-state index in [1.165, 1.54) is 0 Å². The molecule has 2 rings (SSSR count). The first-order valence-electron chi connectivity index (χ1n) is 5.78. The van der Waals surface area contributed by atoms with Gasteiger partial charge in [0.25, 0.3) is 0 Å². The lowest BCUT2D eigenvalue weighted by Gasteiger charge is -2.25. The first-order chi connectivity index (χ1) is 9.18. The zero-order valence-electron chi connectivity index (χ0n) is 10.5. The van der Waals surface area contributed by atoms with Gasteiger partial charge in [-0.05, 0) is 23.8 Å². The van der Waals surface area contributed by atoms with E-state index in [0.717, 1.165) is 12.1 Å². The molecule has 0 bridgehead atoms. The summed E-state index contributed by atoms with van der Waals surface area (Å²) in [4.78, 5) is 0. The van der Waals surface area contributed by atoms with Crippen molar-refractivity contribution in [1.82, 2.24) is 5.32 Å². The molecule has 1 heterocycles. The second kappa shape index (κ2) is 6.41. The number of morpholine rings is 1. The maximum absolute atomic E-state index is 12.7. The van der Waals surface area contributed by atoms with Crippen molar-refractivity contribution < 1.29 is 31.1 Å². The summed E-state index contributed by atoms with van der Waals surface area (Å²) in [5.74, 6) is 0. The topological polar surface area (TPSA) is 21.3 Å². The fraction of sp³-hybridized carbons (Fsp3) is 0.500. The average molecular weight is 336 g/mol. The minimum absolute atomic E-state index is 0. The monoisotopic (exact) mass is 335 g/mol. The third kappa shape index (κ3) is 4.49. The van der Waals surface area contributed by atoms with Gasteiger partial charge in [0.05, 0.1) is 30.4 Å². The molecule has 120 valence electrons. The number of halogens is 7. The van der Waals surface area contributed by atoms with Gasteiger partial charge in [-0.15, -0.1) is 12.4 Å². The summed E-state index contributed by atoms with van der Waals surface area (Å²) in [6.45, 7) is 0.794. The Morgan fingerprint density at radius 1 is 0.952 bits per heavy atom. The predicted molar refractivity (Wildman–Crippen MR) is 65.3 cm³/mol. The van der Waals surface area contributed by atoms with Crippen molar-refractivity contribution in [2.75, 3.05) is 19.8 Å². The van der Waals surface area contributed by atoms with Crippen LogP contribution in [0, 0.1) is 0 Å². The number of alkyl halides is 6. The van der Waals surface area contributed by atoms with Gasteiger partial charge >= 0.3 is 12.4 Å². The number of rotatable bonds is 1. The molecule has 0 spiro atoms. The predicted octanol–water partition coefficient (Wildman–Crippen LogP) is 3.81. The molecule has 0 amide bonds. The molecule has 0 radical (unpaired) electrons. The van der Waals surface area contributed by atoms with Crippen molar-refractivity contribution in [3.63, 3.8) is 0 Å². The summed E-state index contributed by atoms with van der Waals surface area (Å²) < 4.78 is 81.2. The highest BCUT2D eigenvalue weighted by atomic mass is 35.5. The molecule has 0 aromatic heterocycles. The van der Waals surface area contributed by atoms with E-state index in [1.807, 2.05) is 0 Å². The van der Waals surface area contributed by atoms with Gasteiger partial charge in [0.1, 0.15) is 0 Å². The van der Waals surface area contributed by atoms with E-state index in [-0.39, 0.29) is 30.6 Å². The van der Waals surface area contributed by atoms with E-state index >= 15 is 0 Å². The Kier molecular flexibility index (Phi) is 5.51. The van der Waals surface area contributed by atoms with Crippen LogP contribution in [0.15, 0.2) is 18.2 Å². The first kappa shape index (κ1) is 18.1. The van der Waals surface area contributed by atoms with Crippen LogP contribution in [0.3, 0.4) is 0 Å². The average Bonchev–Trinajstić information content (AvgIpc) is 2.37. The lowest BCUT2D eigenvalue weighted by atomic mass is 9.99. The van der Waals surface area contributed by atoms with Gasteiger partial charge in [0, 0.05) is 6.54 Å². The Hall–Kier alpha value is -0.990. The largest absolute Gasteiger partial charge is 0.416 e. The van der Waals surface area contributed by atoms with Gasteiger partial charge in [0.15, 0.2) is 0 Å². The molecular formula is C12H12ClF6NO. The van der Waals surface area contributed by atoms with Crippen molar-refractivity contribution in [2.45, 2.75) is 18.4 Å². The molecule has 1 aliphatic rings. The Morgan fingerprint density at radius 3 is 1.86 bits per heavy atom. The molecule has 1 aromatic rings. The highest BCUT2D eigenvalue weighted by molar-refractivity contribution is 5.85. The summed E-state index contributed by atoms with van der Waals surface area (Å²) in [5, 5.41) is 2.83. The van der Waals surface area contributed by atoms with Gasteiger partial charge in [-0.3, -0.25) is 0 Å². The number of hydrogen-bond donors (Lipinski definition) is 1. The zero-order chi connectivity index (χ0) is 15.0. The van der Waals surface area contributed by atoms with Crippen LogP contribution in [-0.2, 0) is 17.1 Å². The molecule has 1 N–H and O–H groups in total. The van der Waals surface area contributed by atoms with E-state index in [0.29, 0.717) is 13.2 Å². The van der Waals surface area contributed by atoms with E-state index in [9.17, 15) is 26.3 Å². The van der Waals surface area contributed by atoms with Crippen molar-refractivity contribution in [3.05, 3.63) is 34.9 Å². The van der Waals surface area contributed by atoms with Crippen LogP contribution in [0.4, 0.5) is 26.3 Å². The third-order valence-corrected chi connectivity index (χ3v) is 2.93. The number of benzene rings is 1. The standard InChI is InChI=1S/C12H11F6NO.ClH/c13-11(14,15)8-3-7(10-6-20-2-1-19-10)4-9(5-8)12(16,17)18;/h3-5,10,19H,1-2,6H2;1H/t10-;/m0./s1. The SMILES string of the molecule is Cl.FC(F)(F)c1cc([C@@H]2COCCN2)cc(C(F)(F)F)c1. The normalized spacial score (nSPS) is 20.0. The molecule has 2 nitrogen and oxygen atoms in total. The fourth-order valence-corrected chi connectivity index (χ4v) is 1.96. The Balaban J connectivity index is 0.00000220. The van der Waals surface area contributed by atoms with Gasteiger partial charge in [-0.2, -0.15) is 26.3 Å². The summed E-state index contributed by atoms with van der Waals surface area (Å²) in [5.41, 5.74) is -2.70. The van der Waals surface area contributed by atoms with Crippen molar-refractivity contribution >= 4 is 12.4 Å². The number of hydrogen-bond acceptors (Lipinski definition) is 2. The van der Waals surface area contributed by atoms with Gasteiger partial charge in [0.2, 0.25) is 0 Å². The van der Waals surface area contributed by atoms with E-state index in [2.05, 4.69) is 5.32 Å². The molecule has 0 saturated carbocycles. The highest BCUT2D eigenvalue weighted by Gasteiger charge is 2.37. The van der Waals surface area contributed by atoms with Crippen molar-refractivity contribution in [3.8, 4) is 0 Å². The number of nitrogens with one attached hydrogen (secondary N) is 1. The first-order valence-corrected chi connectivity index (χ1v) is 5.78. The zero-order valence-corrected chi connectivity index (χ0v) is 11.3. The highest BCUT2D eigenvalue weighted by Crippen LogP contribution is 2.37. The summed E-state index contributed by atoms with van der Waals surface area (Å²) in [6, 6.07) is 0.892. The molecule has 0 aliphatic carbocycles. The van der Waals surface area contributed by atoms with Crippen LogP contribution >= 0.6 is 12.4 Å². The van der Waals surface area contributed by atoms with Crippen LogP contribution in [0.25, 0.3) is 0 Å². The lowest BCUT2D eigenvalue weighted by molar-refractivity contribution is -0.143. The molecule has 1 aromatic carbocycles. The molecule has 1 aliphatic heterocycles. The van der Waals surface area contributed by atoms with E-state index in [4.69, 9.17) is 4.74 Å². The molecule has 0 unspecified atom stereocenters. The molecule has 21 heavy (non-hydrogen) atoms. The lowest BCUT2D eigenvalue weighted by Crippen LogP contribution is -2.34. The van der Waals surface area contributed by atoms with Crippen LogP contribution in [0.1, 0.15) is 22.7 Å². The Bertz CT molecular complexity index is 449. The van der Waals surface area contributed by atoms with E-state index in [1.54, 1.807) is 0 Å². The second-order valence-corrected chi connectivity index (χ2v) is 4.42. The molecule has 1 saturated heterocycles. The van der Waals surface area contributed by atoms with Crippen LogP contribution in [-0.4, -0.2) is 19.8 Å². The fourth-order valence-electron chi connectivity index (χ4n) is 1.96. The summed E-state index contributed by atoms with van der Waals surface area (Å²) in [6.07, 6.45) is -9.66. The summed E-state index contributed by atoms with van der Waals surface area (Å²) in [7, 11) is 0. The number of ether oxygens (including phenoxy) is 1. The van der Waals surface area contributed by atoms with Crippen LogP contribution < -0.4 is 5.32 Å². The Morgan fingerprint density at radius 2 is 1.48 bits per heavy atom. The van der Waals surface area contributed by atoms with Gasteiger partial charge in [-0.1, -0.05) is 0 Å². The Labute approximate surface area is 122 Å². The maximum Gasteiger partial charge on any atom is 0.416 e. The minimum Gasteiger partial charge on any atom is -0.378 e. The second-order valence-electron chi connectivity index (χ2n) is 4.42. The van der Waals surface area contributed by atoms with Gasteiger partial charge in [-0.25, -0.2) is 0 Å². The summed E-state index contributed by atoms with van der Waals surface area (Å²) >= 11 is 0. The maximum atomic E-state index is 12.7. The van der Waals surface area contributed by atoms with Crippen molar-refractivity contribution in [1.29, 1.82) is 0 Å². The molecular weight excluding hydrogens is 324 g/mol. The molecule has 1 atom stereocenters. The quantitative estimate of drug-likeness (QED) is 0.788. The minimum atomic E-state index is -4.83. The van der Waals surface area contributed by atoms with Gasteiger partial charge < -0.3 is 10.1 Å². The molecule has 9 heteroatoms. The third-order valence-electron chi connectivity index (χ3n) is 2.93. The smallest absolute Gasteiger partial charge is 0.378 e. The molecule has 1 fully saturated rings. The van der Waals surface area contributed by atoms with E-state index < -0.39 is 29.5 Å².